The van der Waals surface area contributed by atoms with E-state index in [4.69, 9.17) is 15.0 Å². The van der Waals surface area contributed by atoms with Crippen molar-refractivity contribution >= 4 is 5.82 Å². The molecule has 0 amide bonds. The van der Waals surface area contributed by atoms with Crippen molar-refractivity contribution in [3.05, 3.63) is 84.1 Å². The molecule has 0 fully saturated rings. The van der Waals surface area contributed by atoms with Crippen LogP contribution in [0.4, 0.5) is 5.82 Å². The van der Waals surface area contributed by atoms with Gasteiger partial charge in [-0.1, -0.05) is 23.4 Å². The summed E-state index contributed by atoms with van der Waals surface area (Å²) in [5.74, 6) is 2.10. The van der Waals surface area contributed by atoms with Gasteiger partial charge >= 0.3 is 0 Å². The molecule has 4 aromatic rings. The lowest BCUT2D eigenvalue weighted by molar-refractivity contribution is 0.301. The highest BCUT2D eigenvalue weighted by molar-refractivity contribution is 5.67. The lowest BCUT2D eigenvalue weighted by Gasteiger charge is -2.06. The second-order valence-electron chi connectivity index (χ2n) is 5.88. The number of anilines is 1. The molecule has 7 heteroatoms. The van der Waals surface area contributed by atoms with E-state index in [1.165, 1.54) is 0 Å². The van der Waals surface area contributed by atoms with Crippen LogP contribution >= 0.6 is 0 Å². The molecule has 1 aromatic carbocycles. The van der Waals surface area contributed by atoms with Crippen LogP contribution in [-0.4, -0.2) is 20.1 Å². The van der Waals surface area contributed by atoms with Gasteiger partial charge in [-0.2, -0.15) is 4.98 Å². The van der Waals surface area contributed by atoms with E-state index >= 15 is 0 Å². The Hall–Kier alpha value is -3.74. The Morgan fingerprint density at radius 2 is 1.78 bits per heavy atom. The number of nitrogens with zero attached hydrogens (tertiary/aromatic N) is 4. The van der Waals surface area contributed by atoms with E-state index in [9.17, 15) is 0 Å². The van der Waals surface area contributed by atoms with E-state index in [0.717, 1.165) is 17.0 Å². The van der Waals surface area contributed by atoms with Crippen LogP contribution in [0.15, 0.2) is 71.5 Å². The van der Waals surface area contributed by atoms with E-state index in [2.05, 4.69) is 20.1 Å². The lowest BCUT2D eigenvalue weighted by atomic mass is 10.1. The zero-order chi connectivity index (χ0) is 18.5. The number of pyridine rings is 2. The van der Waals surface area contributed by atoms with E-state index in [0.29, 0.717) is 36.1 Å². The second-order valence-corrected chi connectivity index (χ2v) is 5.88. The number of nitrogen functional groups attached to an aromatic ring is 1. The van der Waals surface area contributed by atoms with Crippen LogP contribution in [0, 0.1) is 0 Å². The minimum atomic E-state index is 0.374. The monoisotopic (exact) mass is 359 g/mol. The molecule has 0 saturated heterocycles. The number of aromatic nitrogens is 4. The summed E-state index contributed by atoms with van der Waals surface area (Å²) in [6.45, 7) is 0.430. The summed E-state index contributed by atoms with van der Waals surface area (Å²) in [5.41, 5.74) is 8.43. The summed E-state index contributed by atoms with van der Waals surface area (Å²) in [7, 11) is 0. The first-order valence-electron chi connectivity index (χ1n) is 8.43. The zero-order valence-corrected chi connectivity index (χ0v) is 14.4. The summed E-state index contributed by atoms with van der Waals surface area (Å²) < 4.78 is 11.1. The van der Waals surface area contributed by atoms with Gasteiger partial charge in [-0.05, 0) is 42.0 Å². The Bertz CT molecular complexity index is 1020. The minimum Gasteiger partial charge on any atom is -0.487 e. The van der Waals surface area contributed by atoms with Crippen LogP contribution < -0.4 is 10.5 Å². The van der Waals surface area contributed by atoms with Crippen molar-refractivity contribution in [1.29, 1.82) is 0 Å². The third kappa shape index (κ3) is 4.09. The summed E-state index contributed by atoms with van der Waals surface area (Å²) in [5, 5.41) is 3.99. The highest BCUT2D eigenvalue weighted by Gasteiger charge is 2.12. The quantitative estimate of drug-likeness (QED) is 0.564. The number of rotatable bonds is 6. The van der Waals surface area contributed by atoms with Crippen molar-refractivity contribution in [3.8, 4) is 17.1 Å². The molecule has 0 aliphatic carbocycles. The Balaban J connectivity index is 1.39. The lowest BCUT2D eigenvalue weighted by Crippen LogP contribution is -1.97. The van der Waals surface area contributed by atoms with Crippen LogP contribution in [0.5, 0.6) is 5.75 Å². The molecule has 4 rings (SSSR count). The maximum atomic E-state index is 5.85. The molecule has 134 valence electrons. The van der Waals surface area contributed by atoms with Crippen LogP contribution in [0.25, 0.3) is 11.4 Å². The van der Waals surface area contributed by atoms with Gasteiger partial charge in [0.1, 0.15) is 18.2 Å². The molecule has 0 radical (unpaired) electrons. The van der Waals surface area contributed by atoms with Gasteiger partial charge < -0.3 is 15.0 Å². The number of ether oxygens (including phenoxy) is 1. The maximum absolute atomic E-state index is 5.85. The van der Waals surface area contributed by atoms with Crippen molar-refractivity contribution in [2.45, 2.75) is 13.0 Å². The van der Waals surface area contributed by atoms with E-state index < -0.39 is 0 Å². The third-order valence-corrected chi connectivity index (χ3v) is 3.94. The largest absolute Gasteiger partial charge is 0.487 e. The van der Waals surface area contributed by atoms with Crippen molar-refractivity contribution in [2.75, 3.05) is 5.73 Å². The molecular weight excluding hydrogens is 342 g/mol. The normalized spacial score (nSPS) is 10.7. The average molecular weight is 359 g/mol. The van der Waals surface area contributed by atoms with Crippen molar-refractivity contribution < 1.29 is 9.26 Å². The molecule has 0 aliphatic heterocycles. The van der Waals surface area contributed by atoms with E-state index in [1.54, 1.807) is 18.5 Å². The molecular formula is C20H17N5O2. The van der Waals surface area contributed by atoms with Gasteiger partial charge in [0.2, 0.25) is 11.7 Å². The minimum absolute atomic E-state index is 0.374. The molecule has 0 unspecified atom stereocenters. The fraction of sp³-hybridized carbons (Fsp3) is 0.100. The molecule has 0 saturated carbocycles. The van der Waals surface area contributed by atoms with Crippen LogP contribution in [0.1, 0.15) is 17.1 Å². The molecule has 0 atom stereocenters. The average Bonchev–Trinajstić information content (AvgIpc) is 3.17. The molecule has 0 aliphatic rings. The first kappa shape index (κ1) is 16.7. The summed E-state index contributed by atoms with van der Waals surface area (Å²) in [6.07, 6.45) is 3.89. The van der Waals surface area contributed by atoms with Crippen LogP contribution in [0.2, 0.25) is 0 Å². The van der Waals surface area contributed by atoms with Gasteiger partial charge in [0.15, 0.2) is 0 Å². The topological polar surface area (TPSA) is 100.0 Å². The molecule has 2 N–H and O–H groups in total. The number of hydrogen-bond acceptors (Lipinski definition) is 7. The van der Waals surface area contributed by atoms with Gasteiger partial charge in [-0.15, -0.1) is 0 Å². The van der Waals surface area contributed by atoms with Crippen molar-refractivity contribution in [2.24, 2.45) is 0 Å². The van der Waals surface area contributed by atoms with Crippen LogP contribution in [0.3, 0.4) is 0 Å². The van der Waals surface area contributed by atoms with Gasteiger partial charge in [0, 0.05) is 12.4 Å². The SMILES string of the molecule is Nc1ncccc1-c1noc(Cc2ccc(OCc3ccccn3)cc2)n1. The predicted octanol–water partition coefficient (Wildman–Crippen LogP) is 3.28. The smallest absolute Gasteiger partial charge is 0.231 e. The van der Waals surface area contributed by atoms with Gasteiger partial charge in [-0.25, -0.2) is 4.98 Å². The third-order valence-electron chi connectivity index (χ3n) is 3.94. The Kier molecular flexibility index (Phi) is 4.74. The summed E-state index contributed by atoms with van der Waals surface area (Å²) in [6, 6.07) is 17.1. The van der Waals surface area contributed by atoms with Gasteiger partial charge in [0.05, 0.1) is 17.7 Å². The highest BCUT2D eigenvalue weighted by atomic mass is 16.5. The molecule has 27 heavy (non-hydrogen) atoms. The predicted molar refractivity (Wildman–Crippen MR) is 99.8 cm³/mol. The number of hydrogen-bond donors (Lipinski definition) is 1. The first-order chi connectivity index (χ1) is 13.3. The molecule has 3 aromatic heterocycles. The number of benzene rings is 1. The number of nitrogens with two attached hydrogens (primary N) is 1. The second kappa shape index (κ2) is 7.65. The fourth-order valence-corrected chi connectivity index (χ4v) is 2.56. The summed E-state index contributed by atoms with van der Waals surface area (Å²) in [4.78, 5) is 12.7. The van der Waals surface area contributed by atoms with Crippen molar-refractivity contribution in [1.82, 2.24) is 20.1 Å². The Labute approximate surface area is 155 Å². The van der Waals surface area contributed by atoms with Gasteiger partial charge in [-0.3, -0.25) is 4.98 Å². The standard InChI is InChI=1S/C20H17N5O2/c21-19-17(5-3-11-23-19)20-24-18(27-25-20)12-14-6-8-16(9-7-14)26-13-15-4-1-2-10-22-15/h1-11H,12-13H2,(H2,21,23). The zero-order valence-electron chi connectivity index (χ0n) is 14.4. The Morgan fingerprint density at radius 3 is 2.56 bits per heavy atom. The molecule has 3 heterocycles. The Morgan fingerprint density at radius 1 is 0.926 bits per heavy atom. The first-order valence-corrected chi connectivity index (χ1v) is 8.43. The van der Waals surface area contributed by atoms with Gasteiger partial charge in [0.25, 0.3) is 0 Å². The highest BCUT2D eigenvalue weighted by Crippen LogP contribution is 2.22. The molecule has 0 bridgehead atoms. The molecule has 0 spiro atoms. The fourth-order valence-electron chi connectivity index (χ4n) is 2.56. The van der Waals surface area contributed by atoms with Crippen molar-refractivity contribution in [3.63, 3.8) is 0 Å². The summed E-state index contributed by atoms with van der Waals surface area (Å²) >= 11 is 0. The maximum Gasteiger partial charge on any atom is 0.231 e. The van der Waals surface area contributed by atoms with Crippen LogP contribution in [-0.2, 0) is 13.0 Å². The molecule has 7 nitrogen and oxygen atoms in total. The van der Waals surface area contributed by atoms with E-state index in [-0.39, 0.29) is 0 Å². The van der Waals surface area contributed by atoms with E-state index in [1.807, 2.05) is 48.5 Å².